The van der Waals surface area contributed by atoms with Crippen molar-refractivity contribution in [3.63, 3.8) is 0 Å². The fourth-order valence-corrected chi connectivity index (χ4v) is 3.74. The van der Waals surface area contributed by atoms with Gasteiger partial charge in [-0.15, -0.1) is 0 Å². The van der Waals surface area contributed by atoms with Crippen LogP contribution in [0.3, 0.4) is 0 Å². The molecule has 0 aliphatic carbocycles. The van der Waals surface area contributed by atoms with E-state index in [9.17, 15) is 9.59 Å². The summed E-state index contributed by atoms with van der Waals surface area (Å²) in [5.74, 6) is 5.77. The first-order valence-electron chi connectivity index (χ1n) is 9.30. The Morgan fingerprint density at radius 1 is 0.586 bits per heavy atom. The van der Waals surface area contributed by atoms with Crippen LogP contribution in [0.2, 0.25) is 0 Å². The number of fused-ring (bicyclic) bond motifs is 2. The summed E-state index contributed by atoms with van der Waals surface area (Å²) in [5, 5.41) is 4.60. The molecular weight excluding hydrogens is 358 g/mol. The van der Waals surface area contributed by atoms with E-state index in [-0.39, 0.29) is 11.8 Å². The summed E-state index contributed by atoms with van der Waals surface area (Å²) in [7, 11) is 0. The third-order valence-corrected chi connectivity index (χ3v) is 5.09. The predicted octanol–water partition coefficient (Wildman–Crippen LogP) is 4.79. The highest BCUT2D eigenvalue weighted by molar-refractivity contribution is 6.24. The van der Waals surface area contributed by atoms with Crippen LogP contribution in [0, 0.1) is 11.8 Å². The van der Waals surface area contributed by atoms with E-state index < -0.39 is 0 Å². The Morgan fingerprint density at radius 2 is 1.31 bits per heavy atom. The van der Waals surface area contributed by atoms with Gasteiger partial charge in [0.15, 0.2) is 0 Å². The number of carbonyl (C=O) groups is 2. The van der Waals surface area contributed by atoms with E-state index in [1.165, 1.54) is 0 Å². The van der Waals surface area contributed by atoms with Crippen molar-refractivity contribution in [2.75, 3.05) is 0 Å². The van der Waals surface area contributed by atoms with Gasteiger partial charge in [0.1, 0.15) is 0 Å². The lowest BCUT2D eigenvalue weighted by Gasteiger charge is -2.09. The molecular formula is C26H15NO2. The molecule has 3 heteroatoms. The quantitative estimate of drug-likeness (QED) is 0.385. The molecule has 0 fully saturated rings. The van der Waals surface area contributed by atoms with Gasteiger partial charge >= 0.3 is 0 Å². The van der Waals surface area contributed by atoms with Crippen LogP contribution in [0.4, 0.5) is 0 Å². The van der Waals surface area contributed by atoms with Crippen LogP contribution in [0.25, 0.3) is 21.9 Å². The van der Waals surface area contributed by atoms with E-state index in [0.717, 1.165) is 21.9 Å². The number of nitrogens with one attached hydrogen (secondary N) is 1. The van der Waals surface area contributed by atoms with Crippen LogP contribution < -0.4 is 5.32 Å². The van der Waals surface area contributed by atoms with E-state index in [1.807, 2.05) is 66.7 Å². The van der Waals surface area contributed by atoms with Crippen molar-refractivity contribution in [3.05, 3.63) is 107 Å². The average Bonchev–Trinajstić information content (AvgIpc) is 3.06. The highest BCUT2D eigenvalue weighted by atomic mass is 16.2. The zero-order valence-electron chi connectivity index (χ0n) is 15.4. The first-order chi connectivity index (χ1) is 14.2. The van der Waals surface area contributed by atoms with Gasteiger partial charge in [-0.25, -0.2) is 0 Å². The van der Waals surface area contributed by atoms with Crippen molar-refractivity contribution in [3.8, 4) is 23.0 Å². The Kier molecular flexibility index (Phi) is 3.97. The molecule has 1 N–H and O–H groups in total. The predicted molar refractivity (Wildman–Crippen MR) is 114 cm³/mol. The Balaban J connectivity index is 1.73. The number of hydrogen-bond acceptors (Lipinski definition) is 2. The molecule has 0 bridgehead atoms. The second-order valence-corrected chi connectivity index (χ2v) is 6.84. The van der Waals surface area contributed by atoms with Crippen LogP contribution in [0.15, 0.2) is 84.9 Å². The first-order valence-corrected chi connectivity index (χ1v) is 9.30. The molecule has 4 aromatic carbocycles. The monoisotopic (exact) mass is 373 g/mol. The van der Waals surface area contributed by atoms with Crippen LogP contribution in [-0.4, -0.2) is 11.8 Å². The van der Waals surface area contributed by atoms with Gasteiger partial charge in [0.25, 0.3) is 11.8 Å². The van der Waals surface area contributed by atoms with Crippen LogP contribution in [-0.2, 0) is 0 Å². The minimum absolute atomic E-state index is 0.365. The maximum absolute atomic E-state index is 12.5. The van der Waals surface area contributed by atoms with E-state index in [2.05, 4.69) is 29.3 Å². The van der Waals surface area contributed by atoms with E-state index in [1.54, 1.807) is 6.07 Å². The van der Waals surface area contributed by atoms with Gasteiger partial charge in [0.05, 0.1) is 11.1 Å². The van der Waals surface area contributed by atoms with Gasteiger partial charge in [0, 0.05) is 16.7 Å². The standard InChI is InChI=1S/C26H15NO2/c28-25-22-16-15-20(14-13-18-11-6-10-17-7-4-5-12-21(17)18)23(24(22)26(29)27-25)19-8-2-1-3-9-19/h1-12,15-16H,(H,27,28,29). The van der Waals surface area contributed by atoms with Crippen molar-refractivity contribution in [2.45, 2.75) is 0 Å². The largest absolute Gasteiger partial charge is 0.288 e. The third kappa shape index (κ3) is 2.88. The molecule has 1 aliphatic rings. The fraction of sp³-hybridized carbons (Fsp3) is 0. The third-order valence-electron chi connectivity index (χ3n) is 5.09. The summed E-state index contributed by atoms with van der Waals surface area (Å²) in [6.45, 7) is 0. The topological polar surface area (TPSA) is 46.2 Å². The van der Waals surface area contributed by atoms with E-state index in [4.69, 9.17) is 0 Å². The summed E-state index contributed by atoms with van der Waals surface area (Å²) in [5.41, 5.74) is 3.97. The fourth-order valence-electron chi connectivity index (χ4n) is 3.74. The molecule has 5 rings (SSSR count). The molecule has 0 spiro atoms. The summed E-state index contributed by atoms with van der Waals surface area (Å²) in [6.07, 6.45) is 0. The van der Waals surface area contributed by atoms with E-state index >= 15 is 0 Å². The second kappa shape index (κ2) is 6.78. The summed E-state index contributed by atoms with van der Waals surface area (Å²) >= 11 is 0. The van der Waals surface area contributed by atoms with Gasteiger partial charge in [-0.05, 0) is 34.5 Å². The van der Waals surface area contributed by atoms with Crippen LogP contribution in [0.1, 0.15) is 31.8 Å². The van der Waals surface area contributed by atoms with Gasteiger partial charge < -0.3 is 0 Å². The SMILES string of the molecule is O=C1NC(=O)c2c1ccc(C#Cc1cccc3ccccc13)c2-c1ccccc1. The van der Waals surface area contributed by atoms with Crippen molar-refractivity contribution in [2.24, 2.45) is 0 Å². The van der Waals surface area contributed by atoms with E-state index in [0.29, 0.717) is 22.3 Å². The number of amides is 2. The maximum Gasteiger partial charge on any atom is 0.259 e. The molecule has 29 heavy (non-hydrogen) atoms. The van der Waals surface area contributed by atoms with Crippen LogP contribution >= 0.6 is 0 Å². The second-order valence-electron chi connectivity index (χ2n) is 6.84. The smallest absolute Gasteiger partial charge is 0.259 e. The minimum Gasteiger partial charge on any atom is -0.288 e. The zero-order valence-corrected chi connectivity index (χ0v) is 15.4. The molecule has 1 aliphatic heterocycles. The number of hydrogen-bond donors (Lipinski definition) is 1. The zero-order chi connectivity index (χ0) is 19.8. The number of benzene rings is 4. The molecule has 136 valence electrons. The lowest BCUT2D eigenvalue weighted by molar-refractivity contribution is 0.0880. The van der Waals surface area contributed by atoms with Crippen molar-refractivity contribution < 1.29 is 9.59 Å². The average molecular weight is 373 g/mol. The maximum atomic E-state index is 12.5. The summed E-state index contributed by atoms with van der Waals surface area (Å²) < 4.78 is 0. The molecule has 1 heterocycles. The number of rotatable bonds is 1. The molecule has 0 unspecified atom stereocenters. The lowest BCUT2D eigenvalue weighted by atomic mass is 9.91. The van der Waals surface area contributed by atoms with Gasteiger partial charge in [-0.3, -0.25) is 14.9 Å². The van der Waals surface area contributed by atoms with Gasteiger partial charge in [-0.2, -0.15) is 0 Å². The Hall–Kier alpha value is -4.16. The molecule has 4 aromatic rings. The Bertz CT molecular complexity index is 1350. The number of imide groups is 1. The normalized spacial score (nSPS) is 12.3. The molecule has 2 amide bonds. The molecule has 0 saturated carbocycles. The molecule has 0 aromatic heterocycles. The molecule has 0 radical (unpaired) electrons. The van der Waals surface area contributed by atoms with Crippen molar-refractivity contribution >= 4 is 22.6 Å². The lowest BCUT2D eigenvalue weighted by Crippen LogP contribution is -2.20. The molecule has 0 saturated heterocycles. The minimum atomic E-state index is -0.377. The number of carbonyl (C=O) groups excluding carboxylic acids is 2. The molecule has 0 atom stereocenters. The summed E-state index contributed by atoms with van der Waals surface area (Å²) in [6, 6.07) is 27.2. The van der Waals surface area contributed by atoms with Crippen LogP contribution in [0.5, 0.6) is 0 Å². The van der Waals surface area contributed by atoms with Gasteiger partial charge in [-0.1, -0.05) is 78.6 Å². The first kappa shape index (κ1) is 17.0. The highest BCUT2D eigenvalue weighted by Crippen LogP contribution is 2.32. The van der Waals surface area contributed by atoms with Crippen molar-refractivity contribution in [1.29, 1.82) is 0 Å². The van der Waals surface area contributed by atoms with Gasteiger partial charge in [0.2, 0.25) is 0 Å². The Morgan fingerprint density at radius 3 is 2.17 bits per heavy atom. The Labute approximate surface area is 168 Å². The summed E-state index contributed by atoms with van der Waals surface area (Å²) in [4.78, 5) is 24.6. The highest BCUT2D eigenvalue weighted by Gasteiger charge is 2.31. The molecule has 3 nitrogen and oxygen atoms in total. The van der Waals surface area contributed by atoms with Crippen molar-refractivity contribution in [1.82, 2.24) is 5.32 Å².